The summed E-state index contributed by atoms with van der Waals surface area (Å²) in [5, 5.41) is 28.8. The van der Waals surface area contributed by atoms with E-state index in [0.717, 1.165) is 11.4 Å². The molecule has 0 bridgehead atoms. The van der Waals surface area contributed by atoms with Gasteiger partial charge in [0.05, 0.1) is 30.0 Å². The van der Waals surface area contributed by atoms with Gasteiger partial charge in [0.2, 0.25) is 0 Å². The summed E-state index contributed by atoms with van der Waals surface area (Å²) in [6, 6.07) is 12.0. The van der Waals surface area contributed by atoms with Crippen LogP contribution in [0.1, 0.15) is 39.4 Å². The number of carboxylic acid groups (broad SMARTS) is 1. The van der Waals surface area contributed by atoms with Crippen molar-refractivity contribution in [3.8, 4) is 22.5 Å². The normalized spacial score (nSPS) is 13.8. The van der Waals surface area contributed by atoms with Crippen molar-refractivity contribution in [2.24, 2.45) is 0 Å². The zero-order chi connectivity index (χ0) is 25.8. The average Bonchev–Trinajstić information content (AvgIpc) is 3.14. The fraction of sp³-hybridized carbons (Fsp3) is 0.333. The number of aliphatic carboxylic acids is 1. The molecule has 186 valence electrons. The van der Waals surface area contributed by atoms with E-state index in [2.05, 4.69) is 0 Å². The molecule has 2 atom stereocenters. The molecular weight excluding hydrogens is 454 g/mol. The van der Waals surface area contributed by atoms with Gasteiger partial charge >= 0.3 is 5.97 Å². The quantitative estimate of drug-likeness (QED) is 0.374. The number of hydrogen-bond donors (Lipinski definition) is 3. The summed E-state index contributed by atoms with van der Waals surface area (Å²) in [7, 11) is 0. The Morgan fingerprint density at radius 3 is 2.06 bits per heavy atom. The highest BCUT2D eigenvalue weighted by Crippen LogP contribution is 2.36. The van der Waals surface area contributed by atoms with E-state index in [9.17, 15) is 23.8 Å². The molecule has 0 radical (unpaired) electrons. The monoisotopic (exact) mass is 484 g/mol. The first-order chi connectivity index (χ1) is 16.5. The Morgan fingerprint density at radius 2 is 1.54 bits per heavy atom. The Bertz CT molecular complexity index is 1180. The second kappa shape index (κ2) is 10.9. The topological polar surface area (TPSA) is 95.6 Å². The Morgan fingerprint density at radius 1 is 1.00 bits per heavy atom. The molecule has 1 aromatic heterocycles. The summed E-state index contributed by atoms with van der Waals surface area (Å²) in [6.07, 6.45) is 0.475. The zero-order valence-electron chi connectivity index (χ0n) is 19.9. The number of nitrogens with zero attached hydrogens (tertiary/aromatic N) is 2. The van der Waals surface area contributed by atoms with Gasteiger partial charge in [-0.2, -0.15) is 0 Å². The zero-order valence-corrected chi connectivity index (χ0v) is 19.9. The number of aliphatic hydroxyl groups is 2. The number of imidazole rings is 1. The van der Waals surface area contributed by atoms with Gasteiger partial charge in [0.25, 0.3) is 0 Å². The first-order valence-corrected chi connectivity index (χ1v) is 11.3. The van der Waals surface area contributed by atoms with Crippen molar-refractivity contribution in [3.05, 3.63) is 78.1 Å². The molecule has 35 heavy (non-hydrogen) atoms. The first-order valence-electron chi connectivity index (χ1n) is 11.3. The molecular formula is C27H30F2N2O4. The van der Waals surface area contributed by atoms with E-state index in [1.54, 1.807) is 30.3 Å². The van der Waals surface area contributed by atoms with Gasteiger partial charge < -0.3 is 19.9 Å². The van der Waals surface area contributed by atoms with Crippen LogP contribution in [0, 0.1) is 11.6 Å². The Balaban J connectivity index is 2.05. The standard InChI is InChI=1S/C27H30F2N2O4/c1-27(2,3)26-30-24(17-6-10-19(28)11-7-17)25(18-8-12-20(29)13-9-18)31(26)14-4-5-21(32)15-22(33)16-23(34)35/h4-13,21-22,32-33H,14-16H2,1-3H3,(H,34,35)/b5-4+. The smallest absolute Gasteiger partial charge is 0.305 e. The minimum Gasteiger partial charge on any atom is -0.481 e. The average molecular weight is 485 g/mol. The number of carboxylic acids is 1. The van der Waals surface area contributed by atoms with Gasteiger partial charge in [-0.15, -0.1) is 0 Å². The molecule has 0 fully saturated rings. The maximum Gasteiger partial charge on any atom is 0.305 e. The molecule has 0 aliphatic heterocycles. The highest BCUT2D eigenvalue weighted by atomic mass is 19.1. The number of allylic oxidation sites excluding steroid dienone is 1. The van der Waals surface area contributed by atoms with Crippen molar-refractivity contribution in [1.82, 2.24) is 9.55 Å². The fourth-order valence-corrected chi connectivity index (χ4v) is 3.88. The van der Waals surface area contributed by atoms with Crippen LogP contribution >= 0.6 is 0 Å². The third-order valence-corrected chi connectivity index (χ3v) is 5.44. The molecule has 0 saturated heterocycles. The molecule has 0 saturated carbocycles. The SMILES string of the molecule is CC(C)(C)c1nc(-c2ccc(F)cc2)c(-c2ccc(F)cc2)n1C/C=C/C(O)CC(O)CC(=O)O. The molecule has 2 unspecified atom stereocenters. The molecule has 3 N–H and O–H groups in total. The van der Waals surface area contributed by atoms with Crippen LogP contribution in [0.15, 0.2) is 60.7 Å². The maximum atomic E-state index is 13.7. The predicted molar refractivity (Wildman–Crippen MR) is 130 cm³/mol. The lowest BCUT2D eigenvalue weighted by molar-refractivity contribution is -0.139. The number of rotatable bonds is 9. The number of halogens is 2. The first kappa shape index (κ1) is 26.2. The van der Waals surface area contributed by atoms with Crippen LogP contribution in [0.25, 0.3) is 22.5 Å². The van der Waals surface area contributed by atoms with Crippen LogP contribution in [-0.2, 0) is 16.8 Å². The second-order valence-electron chi connectivity index (χ2n) is 9.49. The summed E-state index contributed by atoms with van der Waals surface area (Å²) < 4.78 is 29.2. The molecule has 0 aliphatic carbocycles. The minimum atomic E-state index is -1.16. The van der Waals surface area contributed by atoms with Gasteiger partial charge in [0.1, 0.15) is 17.5 Å². The molecule has 3 aromatic rings. The van der Waals surface area contributed by atoms with Crippen molar-refractivity contribution >= 4 is 5.97 Å². The molecule has 0 aliphatic rings. The summed E-state index contributed by atoms with van der Waals surface area (Å²) in [5.74, 6) is -1.14. The van der Waals surface area contributed by atoms with Crippen LogP contribution in [-0.4, -0.2) is 43.0 Å². The van der Waals surface area contributed by atoms with Gasteiger partial charge in [0, 0.05) is 29.5 Å². The summed E-state index contributed by atoms with van der Waals surface area (Å²) in [5.41, 5.74) is 2.38. The largest absolute Gasteiger partial charge is 0.481 e. The lowest BCUT2D eigenvalue weighted by atomic mass is 9.95. The van der Waals surface area contributed by atoms with Gasteiger partial charge in [-0.05, 0) is 48.5 Å². The number of benzene rings is 2. The van der Waals surface area contributed by atoms with E-state index in [1.807, 2.05) is 25.3 Å². The summed E-state index contributed by atoms with van der Waals surface area (Å²) in [6.45, 7) is 6.33. The predicted octanol–water partition coefficient (Wildman–Crippen LogP) is 4.94. The molecule has 6 nitrogen and oxygen atoms in total. The van der Waals surface area contributed by atoms with Gasteiger partial charge in [-0.25, -0.2) is 13.8 Å². The molecule has 8 heteroatoms. The Hall–Kier alpha value is -3.36. The number of aliphatic hydroxyl groups excluding tert-OH is 2. The lowest BCUT2D eigenvalue weighted by Gasteiger charge is -2.20. The van der Waals surface area contributed by atoms with E-state index in [0.29, 0.717) is 23.5 Å². The highest BCUT2D eigenvalue weighted by molar-refractivity contribution is 5.79. The van der Waals surface area contributed by atoms with Gasteiger partial charge in [-0.1, -0.05) is 32.9 Å². The lowest BCUT2D eigenvalue weighted by Crippen LogP contribution is -2.20. The van der Waals surface area contributed by atoms with Crippen LogP contribution < -0.4 is 0 Å². The maximum absolute atomic E-state index is 13.7. The van der Waals surface area contributed by atoms with Crippen LogP contribution in [0.3, 0.4) is 0 Å². The highest BCUT2D eigenvalue weighted by Gasteiger charge is 2.27. The van der Waals surface area contributed by atoms with Crippen molar-refractivity contribution in [2.75, 3.05) is 0 Å². The van der Waals surface area contributed by atoms with Crippen LogP contribution in [0.5, 0.6) is 0 Å². The van der Waals surface area contributed by atoms with Crippen molar-refractivity contribution in [3.63, 3.8) is 0 Å². The van der Waals surface area contributed by atoms with Gasteiger partial charge in [-0.3, -0.25) is 4.79 Å². The minimum absolute atomic E-state index is 0.107. The molecule has 0 spiro atoms. The number of hydrogen-bond acceptors (Lipinski definition) is 4. The van der Waals surface area contributed by atoms with Crippen molar-refractivity contribution in [2.45, 2.75) is 57.8 Å². The molecule has 1 heterocycles. The van der Waals surface area contributed by atoms with Crippen LogP contribution in [0.2, 0.25) is 0 Å². The van der Waals surface area contributed by atoms with Crippen molar-refractivity contribution in [1.29, 1.82) is 0 Å². The third-order valence-electron chi connectivity index (χ3n) is 5.44. The molecule has 3 rings (SSSR count). The Labute approximate surface area is 203 Å². The van der Waals surface area contributed by atoms with E-state index in [4.69, 9.17) is 10.1 Å². The third kappa shape index (κ3) is 6.83. The molecule has 2 aromatic carbocycles. The Kier molecular flexibility index (Phi) is 8.19. The summed E-state index contributed by atoms with van der Waals surface area (Å²) in [4.78, 5) is 15.6. The van der Waals surface area contributed by atoms with Gasteiger partial charge in [0.15, 0.2) is 0 Å². The van der Waals surface area contributed by atoms with E-state index < -0.39 is 24.6 Å². The van der Waals surface area contributed by atoms with Crippen molar-refractivity contribution < 1.29 is 28.9 Å². The van der Waals surface area contributed by atoms with E-state index in [-0.39, 0.29) is 23.5 Å². The summed E-state index contributed by atoms with van der Waals surface area (Å²) >= 11 is 0. The fourth-order valence-electron chi connectivity index (χ4n) is 3.88. The second-order valence-corrected chi connectivity index (χ2v) is 9.49. The van der Waals surface area contributed by atoms with E-state index >= 15 is 0 Å². The number of aromatic nitrogens is 2. The van der Waals surface area contributed by atoms with Crippen LogP contribution in [0.4, 0.5) is 8.78 Å². The number of carbonyl (C=O) groups is 1. The molecule has 0 amide bonds. The van der Waals surface area contributed by atoms with E-state index in [1.165, 1.54) is 30.3 Å².